The molecule has 1 saturated heterocycles. The number of nitrogens with zero attached hydrogens (tertiary/aromatic N) is 2. The zero-order valence-electron chi connectivity index (χ0n) is 11.9. The molecule has 2 heterocycles. The molecule has 2 rings (SSSR count). The fourth-order valence-electron chi connectivity index (χ4n) is 2.71. The predicted octanol–water partition coefficient (Wildman–Crippen LogP) is 0.584. The number of hydrogen-bond donors (Lipinski definition) is 3. The Hall–Kier alpha value is -1.66. The lowest BCUT2D eigenvalue weighted by molar-refractivity contribution is -0.123. The first-order chi connectivity index (χ1) is 9.70. The molecule has 110 valence electrons. The standard InChI is InChI=1S/C14H23N5O/c1-11-5-4-8-19(12(11)9-15)10-14(20)18-17-13-6-2-3-7-16-13/h2-3,6-7,11-12H,4-5,8-10,15H2,1H3,(H,16,17)(H,18,20). The number of piperidine rings is 1. The fourth-order valence-corrected chi connectivity index (χ4v) is 2.71. The zero-order chi connectivity index (χ0) is 14.4. The maximum Gasteiger partial charge on any atom is 0.252 e. The van der Waals surface area contributed by atoms with Crippen LogP contribution in [-0.2, 0) is 4.79 Å². The minimum atomic E-state index is -0.0665. The normalized spacial score (nSPS) is 23.3. The number of hydrazine groups is 1. The van der Waals surface area contributed by atoms with Crippen LogP contribution in [0.1, 0.15) is 19.8 Å². The van der Waals surface area contributed by atoms with Crippen LogP contribution in [0.15, 0.2) is 24.4 Å². The lowest BCUT2D eigenvalue weighted by Gasteiger charge is -2.38. The molecule has 1 fully saturated rings. The maximum absolute atomic E-state index is 12.0. The van der Waals surface area contributed by atoms with Gasteiger partial charge in [-0.05, 0) is 37.4 Å². The summed E-state index contributed by atoms with van der Waals surface area (Å²) in [5, 5.41) is 0. The van der Waals surface area contributed by atoms with Crippen molar-refractivity contribution in [2.24, 2.45) is 11.7 Å². The molecule has 0 aliphatic carbocycles. The van der Waals surface area contributed by atoms with Crippen LogP contribution in [0.4, 0.5) is 5.82 Å². The summed E-state index contributed by atoms with van der Waals surface area (Å²) in [7, 11) is 0. The third-order valence-corrected chi connectivity index (χ3v) is 3.81. The van der Waals surface area contributed by atoms with Gasteiger partial charge in [0, 0.05) is 18.8 Å². The van der Waals surface area contributed by atoms with Crippen molar-refractivity contribution in [2.75, 3.05) is 25.1 Å². The molecule has 0 bridgehead atoms. The molecular weight excluding hydrogens is 254 g/mol. The van der Waals surface area contributed by atoms with Crippen molar-refractivity contribution in [2.45, 2.75) is 25.8 Å². The highest BCUT2D eigenvalue weighted by atomic mass is 16.2. The van der Waals surface area contributed by atoms with Gasteiger partial charge in [0.1, 0.15) is 5.82 Å². The number of rotatable bonds is 5. The Morgan fingerprint density at radius 3 is 3.10 bits per heavy atom. The summed E-state index contributed by atoms with van der Waals surface area (Å²) in [5.74, 6) is 1.11. The molecule has 0 aromatic carbocycles. The van der Waals surface area contributed by atoms with Crippen molar-refractivity contribution < 1.29 is 4.79 Å². The van der Waals surface area contributed by atoms with Crippen LogP contribution in [0.5, 0.6) is 0 Å². The molecule has 0 saturated carbocycles. The van der Waals surface area contributed by atoms with Crippen molar-refractivity contribution in [1.29, 1.82) is 0 Å². The van der Waals surface area contributed by atoms with E-state index in [-0.39, 0.29) is 5.91 Å². The third-order valence-electron chi connectivity index (χ3n) is 3.81. The predicted molar refractivity (Wildman–Crippen MR) is 78.8 cm³/mol. The van der Waals surface area contributed by atoms with Crippen LogP contribution in [-0.4, -0.2) is 41.5 Å². The molecule has 4 N–H and O–H groups in total. The van der Waals surface area contributed by atoms with E-state index in [0.717, 1.165) is 13.0 Å². The summed E-state index contributed by atoms with van der Waals surface area (Å²) < 4.78 is 0. The third kappa shape index (κ3) is 3.91. The number of likely N-dealkylation sites (tertiary alicyclic amines) is 1. The number of pyridine rings is 1. The summed E-state index contributed by atoms with van der Waals surface area (Å²) in [5.41, 5.74) is 11.3. The Morgan fingerprint density at radius 1 is 1.55 bits per heavy atom. The second-order valence-electron chi connectivity index (χ2n) is 5.28. The van der Waals surface area contributed by atoms with Crippen LogP contribution in [0.2, 0.25) is 0 Å². The molecule has 1 aromatic heterocycles. The van der Waals surface area contributed by atoms with E-state index < -0.39 is 0 Å². The van der Waals surface area contributed by atoms with Gasteiger partial charge in [-0.1, -0.05) is 13.0 Å². The molecular formula is C14H23N5O. The monoisotopic (exact) mass is 277 g/mol. The Labute approximate surface area is 119 Å². The van der Waals surface area contributed by atoms with Gasteiger partial charge in [0.15, 0.2) is 0 Å². The molecule has 0 radical (unpaired) electrons. The van der Waals surface area contributed by atoms with Gasteiger partial charge >= 0.3 is 0 Å². The highest BCUT2D eigenvalue weighted by Gasteiger charge is 2.28. The van der Waals surface area contributed by atoms with Crippen LogP contribution in [0.25, 0.3) is 0 Å². The summed E-state index contributed by atoms with van der Waals surface area (Å²) in [6.45, 7) is 4.10. The molecule has 6 heteroatoms. The van der Waals surface area contributed by atoms with E-state index in [1.54, 1.807) is 12.3 Å². The number of hydrogen-bond acceptors (Lipinski definition) is 5. The van der Waals surface area contributed by atoms with E-state index in [4.69, 9.17) is 5.73 Å². The maximum atomic E-state index is 12.0. The first-order valence-corrected chi connectivity index (χ1v) is 7.10. The van der Waals surface area contributed by atoms with Gasteiger partial charge in [0.25, 0.3) is 5.91 Å². The molecule has 20 heavy (non-hydrogen) atoms. The van der Waals surface area contributed by atoms with Gasteiger partial charge in [0.05, 0.1) is 6.54 Å². The van der Waals surface area contributed by atoms with Crippen molar-refractivity contribution in [3.05, 3.63) is 24.4 Å². The van der Waals surface area contributed by atoms with Crippen molar-refractivity contribution >= 4 is 11.7 Å². The summed E-state index contributed by atoms with van der Waals surface area (Å²) in [6, 6.07) is 5.78. The van der Waals surface area contributed by atoms with Crippen molar-refractivity contribution in [3.8, 4) is 0 Å². The average molecular weight is 277 g/mol. The quantitative estimate of drug-likeness (QED) is 0.686. The first-order valence-electron chi connectivity index (χ1n) is 7.10. The van der Waals surface area contributed by atoms with Crippen molar-refractivity contribution in [3.63, 3.8) is 0 Å². The lowest BCUT2D eigenvalue weighted by Crippen LogP contribution is -2.52. The van der Waals surface area contributed by atoms with E-state index in [2.05, 4.69) is 27.7 Å². The average Bonchev–Trinajstić information content (AvgIpc) is 2.46. The SMILES string of the molecule is CC1CCCN(CC(=O)NNc2ccccn2)C1CN. The largest absolute Gasteiger partial charge is 0.329 e. The number of carbonyl (C=O) groups excluding carboxylic acids is 1. The molecule has 1 aliphatic rings. The zero-order valence-corrected chi connectivity index (χ0v) is 11.9. The van der Waals surface area contributed by atoms with E-state index in [9.17, 15) is 4.79 Å². The van der Waals surface area contributed by atoms with Crippen molar-refractivity contribution in [1.82, 2.24) is 15.3 Å². The number of nitrogens with two attached hydrogens (primary N) is 1. The Balaban J connectivity index is 1.81. The number of carbonyl (C=O) groups is 1. The number of nitrogens with one attached hydrogen (secondary N) is 2. The van der Waals surface area contributed by atoms with Gasteiger partial charge in [-0.2, -0.15) is 0 Å². The van der Waals surface area contributed by atoms with Gasteiger partial charge < -0.3 is 5.73 Å². The fraction of sp³-hybridized carbons (Fsp3) is 0.571. The van der Waals surface area contributed by atoms with Crippen LogP contribution in [0.3, 0.4) is 0 Å². The van der Waals surface area contributed by atoms with Gasteiger partial charge in [-0.15, -0.1) is 0 Å². The number of anilines is 1. The summed E-state index contributed by atoms with van der Waals surface area (Å²) in [4.78, 5) is 18.2. The number of amides is 1. The molecule has 2 unspecified atom stereocenters. The number of aromatic nitrogens is 1. The highest BCUT2D eigenvalue weighted by Crippen LogP contribution is 2.21. The topological polar surface area (TPSA) is 83.3 Å². The van der Waals surface area contributed by atoms with Gasteiger partial charge in [0.2, 0.25) is 0 Å². The molecule has 1 amide bonds. The minimum Gasteiger partial charge on any atom is -0.329 e. The molecule has 6 nitrogen and oxygen atoms in total. The van der Waals surface area contributed by atoms with Crippen LogP contribution < -0.4 is 16.6 Å². The molecule has 2 atom stereocenters. The van der Waals surface area contributed by atoms with E-state index in [1.165, 1.54) is 6.42 Å². The molecule has 0 spiro atoms. The Kier molecular flexibility index (Phi) is 5.31. The van der Waals surface area contributed by atoms with Crippen LogP contribution >= 0.6 is 0 Å². The van der Waals surface area contributed by atoms with Gasteiger partial charge in [-0.3, -0.25) is 20.5 Å². The van der Waals surface area contributed by atoms with Crippen LogP contribution in [0, 0.1) is 5.92 Å². The Morgan fingerprint density at radius 2 is 2.40 bits per heavy atom. The summed E-state index contributed by atoms with van der Waals surface area (Å²) in [6.07, 6.45) is 3.98. The molecule has 1 aliphatic heterocycles. The van der Waals surface area contributed by atoms with E-state index in [0.29, 0.717) is 30.9 Å². The highest BCUT2D eigenvalue weighted by molar-refractivity contribution is 5.79. The smallest absolute Gasteiger partial charge is 0.252 e. The molecule has 1 aromatic rings. The first kappa shape index (κ1) is 14.7. The Bertz CT molecular complexity index is 425. The van der Waals surface area contributed by atoms with E-state index in [1.807, 2.05) is 12.1 Å². The second kappa shape index (κ2) is 7.21. The minimum absolute atomic E-state index is 0.0665. The van der Waals surface area contributed by atoms with Gasteiger partial charge in [-0.25, -0.2) is 4.98 Å². The second-order valence-corrected chi connectivity index (χ2v) is 5.28. The lowest BCUT2D eigenvalue weighted by atomic mass is 9.91. The van der Waals surface area contributed by atoms with E-state index >= 15 is 0 Å². The summed E-state index contributed by atoms with van der Waals surface area (Å²) >= 11 is 0.